The number of carboxylic acid groups (broad SMARTS) is 1. The number of anilines is 1. The van der Waals surface area contributed by atoms with E-state index < -0.39 is 18.0 Å². The van der Waals surface area contributed by atoms with Gasteiger partial charge >= 0.3 is 5.97 Å². The zero-order valence-corrected chi connectivity index (χ0v) is 20.1. The molecule has 2 aromatic carbocycles. The summed E-state index contributed by atoms with van der Waals surface area (Å²) in [7, 11) is 0. The average molecular weight is 522 g/mol. The number of nitrogens with zero attached hydrogens (tertiary/aromatic N) is 3. The van der Waals surface area contributed by atoms with Gasteiger partial charge < -0.3 is 24.3 Å². The Morgan fingerprint density at radius 2 is 1.92 bits per heavy atom. The second-order valence-electron chi connectivity index (χ2n) is 7.93. The number of hydrogen-bond donors (Lipinski definition) is 3. The molecule has 1 atom stereocenters. The summed E-state index contributed by atoms with van der Waals surface area (Å²) in [6.45, 7) is 2.19. The maximum Gasteiger partial charge on any atom is 0.355 e. The molecule has 0 saturated carbocycles. The summed E-state index contributed by atoms with van der Waals surface area (Å²) in [4.78, 5) is 39.9. The van der Waals surface area contributed by atoms with Gasteiger partial charge in [0.2, 0.25) is 11.8 Å². The lowest BCUT2D eigenvalue weighted by molar-refractivity contribution is -0.124. The van der Waals surface area contributed by atoms with Gasteiger partial charge in [0.15, 0.2) is 16.9 Å². The van der Waals surface area contributed by atoms with Crippen molar-refractivity contribution in [3.8, 4) is 28.7 Å². The van der Waals surface area contributed by atoms with Crippen molar-refractivity contribution < 1.29 is 33.4 Å². The number of aryl methyl sites for hydroxylation is 1. The Balaban J connectivity index is 1.39. The van der Waals surface area contributed by atoms with E-state index in [0.717, 1.165) is 11.3 Å². The second kappa shape index (κ2) is 10.1. The standard InChI is InChI=1S/C24H19N5O7S/c1-12-28-29-22(34-12)13-2-4-15(5-3-13)35-16-8-14(9-17(10-16)36-19-6-7-25-21(19)31)20(30)27-24-26-18(11-37-24)23(32)33/h2-5,8-11,19H,6-7H2,1H3,(H,25,31)(H,32,33)(H,26,27,30)/t19-/m1/s1. The number of hydrogen-bond acceptors (Lipinski definition) is 10. The van der Waals surface area contributed by atoms with Crippen molar-refractivity contribution in [1.29, 1.82) is 0 Å². The predicted octanol–water partition coefficient (Wildman–Crippen LogP) is 3.51. The third-order valence-electron chi connectivity index (χ3n) is 5.23. The number of carbonyl (C=O) groups excluding carboxylic acids is 2. The summed E-state index contributed by atoms with van der Waals surface area (Å²) >= 11 is 0.983. The number of amides is 2. The van der Waals surface area contributed by atoms with Crippen molar-refractivity contribution in [1.82, 2.24) is 20.5 Å². The van der Waals surface area contributed by atoms with Gasteiger partial charge in [-0.05, 0) is 36.4 Å². The first-order valence-corrected chi connectivity index (χ1v) is 11.9. The van der Waals surface area contributed by atoms with E-state index in [1.54, 1.807) is 37.3 Å². The molecule has 13 heteroatoms. The summed E-state index contributed by atoms with van der Waals surface area (Å²) < 4.78 is 17.2. The smallest absolute Gasteiger partial charge is 0.355 e. The Morgan fingerprint density at radius 1 is 1.14 bits per heavy atom. The summed E-state index contributed by atoms with van der Waals surface area (Å²) in [6.07, 6.45) is -0.209. The van der Waals surface area contributed by atoms with Crippen LogP contribution in [0.4, 0.5) is 5.13 Å². The minimum atomic E-state index is -1.20. The molecule has 3 heterocycles. The normalized spacial score (nSPS) is 14.7. The fraction of sp³-hybridized carbons (Fsp3) is 0.167. The van der Waals surface area contributed by atoms with Crippen molar-refractivity contribution in [3.05, 3.63) is 65.0 Å². The summed E-state index contributed by atoms with van der Waals surface area (Å²) in [5, 5.41) is 23.6. The quantitative estimate of drug-likeness (QED) is 0.312. The number of aromatic nitrogens is 3. The molecule has 12 nitrogen and oxygen atoms in total. The van der Waals surface area contributed by atoms with Gasteiger partial charge in [-0.3, -0.25) is 14.9 Å². The third-order valence-corrected chi connectivity index (χ3v) is 5.98. The van der Waals surface area contributed by atoms with Crippen LogP contribution in [0, 0.1) is 6.92 Å². The number of aromatic carboxylic acids is 1. The first-order chi connectivity index (χ1) is 17.8. The average Bonchev–Trinajstić information content (AvgIpc) is 3.62. The van der Waals surface area contributed by atoms with Crippen molar-refractivity contribution >= 4 is 34.3 Å². The summed E-state index contributed by atoms with van der Waals surface area (Å²) in [5.41, 5.74) is 0.699. The van der Waals surface area contributed by atoms with E-state index in [1.807, 2.05) is 0 Å². The molecule has 2 amide bonds. The first kappa shape index (κ1) is 23.9. The lowest BCUT2D eigenvalue weighted by Crippen LogP contribution is -2.27. The maximum atomic E-state index is 12.9. The van der Waals surface area contributed by atoms with E-state index in [4.69, 9.17) is 19.0 Å². The second-order valence-corrected chi connectivity index (χ2v) is 8.79. The predicted molar refractivity (Wildman–Crippen MR) is 130 cm³/mol. The van der Waals surface area contributed by atoms with Gasteiger partial charge in [-0.15, -0.1) is 21.5 Å². The highest BCUT2D eigenvalue weighted by Gasteiger charge is 2.26. The molecule has 2 aromatic heterocycles. The van der Waals surface area contributed by atoms with Crippen LogP contribution in [0.1, 0.15) is 33.2 Å². The lowest BCUT2D eigenvalue weighted by Gasteiger charge is -2.14. The maximum absolute atomic E-state index is 12.9. The molecule has 0 spiro atoms. The molecule has 3 N–H and O–H groups in total. The number of rotatable bonds is 8. The zero-order chi connectivity index (χ0) is 25.9. The Bertz CT molecular complexity index is 1480. The molecule has 1 aliphatic rings. The molecule has 4 aromatic rings. The largest absolute Gasteiger partial charge is 0.480 e. The lowest BCUT2D eigenvalue weighted by atomic mass is 10.1. The first-order valence-electron chi connectivity index (χ1n) is 11.0. The van der Waals surface area contributed by atoms with Gasteiger partial charge in [-0.25, -0.2) is 9.78 Å². The molecular weight excluding hydrogens is 502 g/mol. The third kappa shape index (κ3) is 5.56. The number of ether oxygens (including phenoxy) is 2. The SMILES string of the molecule is Cc1nnc(-c2ccc(Oc3cc(O[C@@H]4CCNC4=O)cc(C(=O)Nc4nc(C(=O)O)cs4)c3)cc2)o1. The molecule has 188 valence electrons. The van der Waals surface area contributed by atoms with E-state index in [9.17, 15) is 14.4 Å². The van der Waals surface area contributed by atoms with E-state index in [0.29, 0.717) is 36.1 Å². The molecule has 0 radical (unpaired) electrons. The minimum absolute atomic E-state index is 0.123. The van der Waals surface area contributed by atoms with Crippen molar-refractivity contribution in [2.24, 2.45) is 0 Å². The number of carboxylic acids is 1. The molecule has 5 rings (SSSR count). The molecule has 1 saturated heterocycles. The number of thiazole rings is 1. The monoisotopic (exact) mass is 521 g/mol. The van der Waals surface area contributed by atoms with Crippen LogP contribution in [0.15, 0.2) is 52.3 Å². The molecule has 0 aliphatic carbocycles. The fourth-order valence-corrected chi connectivity index (χ4v) is 4.17. The number of carbonyl (C=O) groups is 3. The summed E-state index contributed by atoms with van der Waals surface area (Å²) in [5.74, 6) is -0.160. The van der Waals surface area contributed by atoms with Gasteiger partial charge in [0, 0.05) is 42.5 Å². The Hall–Kier alpha value is -4.78. The van der Waals surface area contributed by atoms with Crippen LogP contribution in [0.2, 0.25) is 0 Å². The van der Waals surface area contributed by atoms with Gasteiger partial charge in [-0.1, -0.05) is 0 Å². The highest BCUT2D eigenvalue weighted by Crippen LogP contribution is 2.31. The van der Waals surface area contributed by atoms with Gasteiger partial charge in [-0.2, -0.15) is 0 Å². The molecule has 1 fully saturated rings. The molecule has 0 unspecified atom stereocenters. The van der Waals surface area contributed by atoms with Crippen LogP contribution in [0.3, 0.4) is 0 Å². The van der Waals surface area contributed by atoms with Crippen LogP contribution in [0.25, 0.3) is 11.5 Å². The van der Waals surface area contributed by atoms with Gasteiger partial charge in [0.1, 0.15) is 17.2 Å². The Morgan fingerprint density at radius 3 is 2.57 bits per heavy atom. The van der Waals surface area contributed by atoms with Gasteiger partial charge in [0.05, 0.1) is 0 Å². The van der Waals surface area contributed by atoms with E-state index in [-0.39, 0.29) is 33.8 Å². The Labute approximate surface area is 213 Å². The van der Waals surface area contributed by atoms with E-state index >= 15 is 0 Å². The van der Waals surface area contributed by atoms with Crippen LogP contribution < -0.4 is 20.1 Å². The summed E-state index contributed by atoms with van der Waals surface area (Å²) in [6, 6.07) is 11.5. The number of nitrogens with one attached hydrogen (secondary N) is 2. The highest BCUT2D eigenvalue weighted by molar-refractivity contribution is 7.14. The van der Waals surface area contributed by atoms with Crippen LogP contribution >= 0.6 is 11.3 Å². The topological polar surface area (TPSA) is 166 Å². The molecule has 1 aliphatic heterocycles. The van der Waals surface area contributed by atoms with E-state index in [1.165, 1.54) is 17.5 Å². The number of benzene rings is 2. The molecule has 0 bridgehead atoms. The zero-order valence-electron chi connectivity index (χ0n) is 19.3. The van der Waals surface area contributed by atoms with Crippen molar-refractivity contribution in [2.45, 2.75) is 19.4 Å². The van der Waals surface area contributed by atoms with Crippen molar-refractivity contribution in [3.63, 3.8) is 0 Å². The minimum Gasteiger partial charge on any atom is -0.480 e. The van der Waals surface area contributed by atoms with Crippen LogP contribution in [0.5, 0.6) is 17.2 Å². The van der Waals surface area contributed by atoms with Gasteiger partial charge in [0.25, 0.3) is 11.8 Å². The van der Waals surface area contributed by atoms with Crippen LogP contribution in [-0.4, -0.2) is 50.7 Å². The fourth-order valence-electron chi connectivity index (χ4n) is 3.49. The highest BCUT2D eigenvalue weighted by atomic mass is 32.1. The van der Waals surface area contributed by atoms with Crippen LogP contribution in [-0.2, 0) is 4.79 Å². The Kier molecular flexibility index (Phi) is 6.51. The molecule has 37 heavy (non-hydrogen) atoms. The molecular formula is C24H19N5O7S. The van der Waals surface area contributed by atoms with Crippen molar-refractivity contribution in [2.75, 3.05) is 11.9 Å². The van der Waals surface area contributed by atoms with E-state index in [2.05, 4.69) is 25.8 Å².